The van der Waals surface area contributed by atoms with E-state index in [1.54, 1.807) is 27.7 Å². The molecule has 2 bridgehead atoms. The Morgan fingerprint density at radius 2 is 1.45 bits per heavy atom. The van der Waals surface area contributed by atoms with E-state index in [9.17, 15) is 10.2 Å². The van der Waals surface area contributed by atoms with Crippen molar-refractivity contribution >= 4 is 16.6 Å². The third kappa shape index (κ3) is 5.00. The number of rotatable bonds is 1. The molecule has 3 atom stereocenters. The predicted molar refractivity (Wildman–Crippen MR) is 80.1 cm³/mol. The molecule has 0 aromatic rings. The number of fused-ring (bicyclic) bond motifs is 2. The Morgan fingerprint density at radius 3 is 1.60 bits per heavy atom. The molecule has 0 aromatic heterocycles. The maximum atomic E-state index is 9.53. The summed E-state index contributed by atoms with van der Waals surface area (Å²) >= 11 is 2.44. The van der Waals surface area contributed by atoms with Gasteiger partial charge in [0.2, 0.25) is 0 Å². The zero-order valence-corrected chi connectivity index (χ0v) is 15.4. The van der Waals surface area contributed by atoms with Crippen LogP contribution in [0.1, 0.15) is 67.7 Å². The molecule has 2 saturated carbocycles. The molecular formula is C16H31AlO3. The fourth-order valence-corrected chi connectivity index (χ4v) is 3.75. The Bertz CT molecular complexity index is 267. The first kappa shape index (κ1) is 20.4. The normalized spacial score (nSPS) is 33.6. The Morgan fingerprint density at radius 1 is 1.05 bits per heavy atom. The van der Waals surface area contributed by atoms with E-state index in [0.29, 0.717) is 16.9 Å². The molecule has 3 nitrogen and oxygen atoms in total. The van der Waals surface area contributed by atoms with Gasteiger partial charge in [-0.2, -0.15) is 0 Å². The zero-order valence-electron chi connectivity index (χ0n) is 14.2. The van der Waals surface area contributed by atoms with Crippen molar-refractivity contribution in [3.8, 4) is 0 Å². The summed E-state index contributed by atoms with van der Waals surface area (Å²) in [6, 6.07) is 0. The molecule has 0 amide bonds. The average Bonchev–Trinajstić information content (AvgIpc) is 2.59. The molecule has 0 aromatic carbocycles. The summed E-state index contributed by atoms with van der Waals surface area (Å²) in [6.07, 6.45) is 3.68. The summed E-state index contributed by atoms with van der Waals surface area (Å²) in [5, 5.41) is 19.1. The Balaban J connectivity index is 0.000000380. The molecular weight excluding hydrogens is 267 g/mol. The molecule has 2 rings (SSSR count). The summed E-state index contributed by atoms with van der Waals surface area (Å²) < 4.78 is 5.50. The summed E-state index contributed by atoms with van der Waals surface area (Å²) in [5.41, 5.74) is 0.924. The fourth-order valence-electron chi connectivity index (χ4n) is 3.34. The van der Waals surface area contributed by atoms with Crippen molar-refractivity contribution in [1.82, 2.24) is 0 Å². The Kier molecular flexibility index (Phi) is 8.32. The van der Waals surface area contributed by atoms with E-state index in [4.69, 9.17) is 3.79 Å². The van der Waals surface area contributed by atoms with Gasteiger partial charge in [-0.1, -0.05) is 27.7 Å². The van der Waals surface area contributed by atoms with Crippen molar-refractivity contribution < 1.29 is 14.0 Å². The van der Waals surface area contributed by atoms with E-state index >= 15 is 0 Å². The van der Waals surface area contributed by atoms with Crippen molar-refractivity contribution in [1.29, 1.82) is 0 Å². The second kappa shape index (κ2) is 8.15. The molecule has 3 unspecified atom stereocenters. The summed E-state index contributed by atoms with van der Waals surface area (Å²) in [6.45, 7) is 13.7. The van der Waals surface area contributed by atoms with Crippen LogP contribution in [-0.4, -0.2) is 34.9 Å². The van der Waals surface area contributed by atoms with Gasteiger partial charge in [0.25, 0.3) is 0 Å². The predicted octanol–water partition coefficient (Wildman–Crippen LogP) is 1.81. The molecule has 0 heterocycles. The van der Waals surface area contributed by atoms with E-state index in [1.807, 2.05) is 0 Å². The molecule has 0 aliphatic heterocycles. The van der Waals surface area contributed by atoms with Gasteiger partial charge >= 0.3 is 83.3 Å². The molecule has 2 aliphatic carbocycles. The van der Waals surface area contributed by atoms with E-state index in [1.165, 1.54) is 19.3 Å². The van der Waals surface area contributed by atoms with Crippen LogP contribution in [0.4, 0.5) is 0 Å². The van der Waals surface area contributed by atoms with Crippen molar-refractivity contribution in [2.45, 2.75) is 86.0 Å². The van der Waals surface area contributed by atoms with Gasteiger partial charge in [0.1, 0.15) is 0 Å². The molecule has 20 heavy (non-hydrogen) atoms. The molecule has 0 radical (unpaired) electrons. The van der Waals surface area contributed by atoms with E-state index < -0.39 is 12.2 Å². The van der Waals surface area contributed by atoms with Gasteiger partial charge in [-0.3, -0.25) is 0 Å². The minimum atomic E-state index is -0.417. The van der Waals surface area contributed by atoms with Crippen LogP contribution in [0.2, 0.25) is 0 Å². The molecule has 2 fully saturated rings. The van der Waals surface area contributed by atoms with Gasteiger partial charge in [0.05, 0.1) is 0 Å². The van der Waals surface area contributed by atoms with Gasteiger partial charge < -0.3 is 10.2 Å². The summed E-state index contributed by atoms with van der Waals surface area (Å²) in [5.74, 6) is 0.896. The van der Waals surface area contributed by atoms with Gasteiger partial charge in [-0.05, 0) is 0 Å². The van der Waals surface area contributed by atoms with Crippen LogP contribution < -0.4 is 10.2 Å². The Labute approximate surface area is 133 Å². The summed E-state index contributed by atoms with van der Waals surface area (Å²) in [7, 11) is 0. The quantitative estimate of drug-likeness (QED) is 0.694. The SMILES string of the molecule is CC(C)[O-].CC(C)[O-].CC1(C)C2CCC1(C)C([O][Al+2])C2. The van der Waals surface area contributed by atoms with Gasteiger partial charge in [-0.25, -0.2) is 0 Å². The molecule has 2 aliphatic rings. The molecule has 116 valence electrons. The van der Waals surface area contributed by atoms with E-state index in [0.717, 1.165) is 5.92 Å². The van der Waals surface area contributed by atoms with Crippen LogP contribution >= 0.6 is 0 Å². The zero-order chi connectivity index (χ0) is 16.1. The second-order valence-electron chi connectivity index (χ2n) is 7.33. The maximum absolute atomic E-state index is 9.53. The van der Waals surface area contributed by atoms with Gasteiger partial charge in [0.15, 0.2) is 0 Å². The minimum absolute atomic E-state index is 0.417. The van der Waals surface area contributed by atoms with Crippen molar-refractivity contribution in [3.63, 3.8) is 0 Å². The van der Waals surface area contributed by atoms with Crippen LogP contribution in [0.15, 0.2) is 0 Å². The molecule has 0 spiro atoms. The van der Waals surface area contributed by atoms with Crippen LogP contribution in [0.3, 0.4) is 0 Å². The first-order chi connectivity index (χ1) is 8.99. The number of hydrogen-bond acceptors (Lipinski definition) is 3. The number of hydrogen-bond donors (Lipinski definition) is 0. The molecule has 0 saturated heterocycles. The molecule has 0 N–H and O–H groups in total. The van der Waals surface area contributed by atoms with Crippen LogP contribution in [-0.2, 0) is 3.79 Å². The monoisotopic (exact) mass is 298 g/mol. The first-order valence-corrected chi connectivity index (χ1v) is 8.13. The summed E-state index contributed by atoms with van der Waals surface area (Å²) in [4.78, 5) is 0. The third-order valence-corrected chi connectivity index (χ3v) is 5.21. The van der Waals surface area contributed by atoms with Crippen LogP contribution in [0.25, 0.3) is 0 Å². The fraction of sp³-hybridized carbons (Fsp3) is 1.00. The van der Waals surface area contributed by atoms with Gasteiger partial charge in [-0.15, -0.1) is 12.2 Å². The van der Waals surface area contributed by atoms with Crippen LogP contribution in [0, 0.1) is 16.7 Å². The topological polar surface area (TPSA) is 55.3 Å². The van der Waals surface area contributed by atoms with E-state index in [2.05, 4.69) is 37.4 Å². The van der Waals surface area contributed by atoms with E-state index in [-0.39, 0.29) is 0 Å². The van der Waals surface area contributed by atoms with Crippen LogP contribution in [0.5, 0.6) is 0 Å². The second-order valence-corrected chi connectivity index (χ2v) is 7.60. The Hall–Kier alpha value is 0.412. The first-order valence-electron chi connectivity index (χ1n) is 7.66. The van der Waals surface area contributed by atoms with Gasteiger partial charge in [0, 0.05) is 0 Å². The average molecular weight is 298 g/mol. The van der Waals surface area contributed by atoms with Crippen molar-refractivity contribution in [2.24, 2.45) is 16.7 Å². The van der Waals surface area contributed by atoms with Crippen molar-refractivity contribution in [2.75, 3.05) is 0 Å². The third-order valence-electron chi connectivity index (χ3n) is 4.88. The van der Waals surface area contributed by atoms with Crippen molar-refractivity contribution in [3.05, 3.63) is 0 Å². The molecule has 4 heteroatoms. The standard InChI is InChI=1S/C10H17O.2C3H7O.Al/c1-9(2)7-4-5-10(9,3)8(11)6-7;2*1-3(2)4;/h7-8H,4-6H2,1-3H3;2*3H,1-2H3;/q3*-1;+3.